The molecule has 1 spiro atoms. The maximum atomic E-state index is 13.9. The van der Waals surface area contributed by atoms with Gasteiger partial charge in [0.1, 0.15) is 6.04 Å². The number of aliphatic hydroxyl groups is 1. The van der Waals surface area contributed by atoms with Crippen LogP contribution in [0.4, 0.5) is 0 Å². The van der Waals surface area contributed by atoms with Crippen LogP contribution in [-0.4, -0.2) is 92.9 Å². The summed E-state index contributed by atoms with van der Waals surface area (Å²) in [6, 6.07) is -0.608. The zero-order chi connectivity index (χ0) is 23.6. The summed E-state index contributed by atoms with van der Waals surface area (Å²) in [6.45, 7) is 12.8. The van der Waals surface area contributed by atoms with Gasteiger partial charge in [-0.3, -0.25) is 14.4 Å². The van der Waals surface area contributed by atoms with Gasteiger partial charge in [-0.1, -0.05) is 12.2 Å². The molecule has 2 bridgehead atoms. The first-order valence-corrected chi connectivity index (χ1v) is 12.5. The Bertz CT molecular complexity index is 772. The van der Waals surface area contributed by atoms with Crippen molar-refractivity contribution in [3.05, 3.63) is 25.3 Å². The first-order valence-electron chi connectivity index (χ1n) is 11.6. The number of likely N-dealkylation sites (tertiary alicyclic amines) is 1. The first kappa shape index (κ1) is 24.8. The number of aliphatic hydroxyl groups excluding tert-OH is 1. The second-order valence-electron chi connectivity index (χ2n) is 9.40. The van der Waals surface area contributed by atoms with Gasteiger partial charge in [-0.05, 0) is 39.5 Å². The summed E-state index contributed by atoms with van der Waals surface area (Å²) in [5.74, 6) is -1.05. The van der Waals surface area contributed by atoms with Gasteiger partial charge in [0.2, 0.25) is 17.7 Å². The molecule has 1 N–H and O–H groups in total. The average Bonchev–Trinajstić information content (AvgIpc) is 3.39. The minimum atomic E-state index is -0.585. The van der Waals surface area contributed by atoms with Crippen molar-refractivity contribution in [1.29, 1.82) is 0 Å². The lowest BCUT2D eigenvalue weighted by atomic mass is 9.70. The van der Waals surface area contributed by atoms with Gasteiger partial charge in [0, 0.05) is 44.6 Å². The minimum Gasteiger partial charge on any atom is -0.396 e. The zero-order valence-corrected chi connectivity index (χ0v) is 20.4. The lowest BCUT2D eigenvalue weighted by Crippen LogP contribution is -2.56. The number of hydrogen-bond donors (Lipinski definition) is 1. The molecule has 5 atom stereocenters. The van der Waals surface area contributed by atoms with E-state index in [1.807, 2.05) is 13.8 Å². The van der Waals surface area contributed by atoms with Crippen LogP contribution in [0.15, 0.2) is 25.3 Å². The fourth-order valence-electron chi connectivity index (χ4n) is 5.74. The molecule has 178 valence electrons. The highest BCUT2D eigenvalue weighted by atomic mass is 32.2. The van der Waals surface area contributed by atoms with Crippen LogP contribution in [0, 0.1) is 11.8 Å². The maximum absolute atomic E-state index is 13.9. The van der Waals surface area contributed by atoms with E-state index < -0.39 is 22.6 Å². The molecule has 3 heterocycles. The van der Waals surface area contributed by atoms with E-state index in [0.717, 1.165) is 12.8 Å². The van der Waals surface area contributed by atoms with Crippen molar-refractivity contribution in [2.24, 2.45) is 11.8 Å². The molecule has 0 aromatic rings. The van der Waals surface area contributed by atoms with Gasteiger partial charge < -0.3 is 19.8 Å². The standard InChI is InChI=1S/C24H37N3O4S/c1-6-12-25(5)21(29)18-17-10-11-24(32-17)19(18)22(30)27(14-8-9-15-28)20(24)23(31)26(13-7-2)16(3)4/h6-7,16-20,28H,1-2,8-15H2,3-5H3/t17-,18+,19+,20?,24?/m1/s1. The van der Waals surface area contributed by atoms with Crippen LogP contribution in [-0.2, 0) is 14.4 Å². The molecule has 3 fully saturated rings. The van der Waals surface area contributed by atoms with Gasteiger partial charge in [0.25, 0.3) is 0 Å². The summed E-state index contributed by atoms with van der Waals surface area (Å²) in [5.41, 5.74) is 0. The molecule has 32 heavy (non-hydrogen) atoms. The number of carbonyl (C=O) groups is 3. The zero-order valence-electron chi connectivity index (χ0n) is 19.5. The van der Waals surface area contributed by atoms with Gasteiger partial charge >= 0.3 is 0 Å². The second kappa shape index (κ2) is 10.00. The third kappa shape index (κ3) is 4.00. The summed E-state index contributed by atoms with van der Waals surface area (Å²) >= 11 is 1.69. The Kier molecular flexibility index (Phi) is 7.76. The SMILES string of the molecule is C=CCN(C)C(=O)[C@@H]1[C@H]2C(=O)N(CCCCO)C(C(=O)N(CC=C)C(C)C)C23CC[C@H]1S3. The lowest BCUT2D eigenvalue weighted by Gasteiger charge is -2.38. The number of likely N-dealkylation sites (N-methyl/N-ethyl adjacent to an activating group) is 1. The van der Waals surface area contributed by atoms with E-state index in [9.17, 15) is 19.5 Å². The van der Waals surface area contributed by atoms with Crippen molar-refractivity contribution in [3.63, 3.8) is 0 Å². The van der Waals surface area contributed by atoms with E-state index in [2.05, 4.69) is 13.2 Å². The van der Waals surface area contributed by atoms with Crippen LogP contribution in [0.3, 0.4) is 0 Å². The van der Waals surface area contributed by atoms with E-state index in [4.69, 9.17) is 0 Å². The van der Waals surface area contributed by atoms with E-state index >= 15 is 0 Å². The minimum absolute atomic E-state index is 0.0231. The van der Waals surface area contributed by atoms with Crippen LogP contribution in [0.1, 0.15) is 39.5 Å². The Morgan fingerprint density at radius 3 is 2.53 bits per heavy atom. The Balaban J connectivity index is 2.00. The predicted molar refractivity (Wildman–Crippen MR) is 127 cm³/mol. The Hall–Kier alpha value is -1.80. The molecular formula is C24H37N3O4S. The summed E-state index contributed by atoms with van der Waals surface area (Å²) < 4.78 is -0.568. The Morgan fingerprint density at radius 1 is 1.25 bits per heavy atom. The van der Waals surface area contributed by atoms with Gasteiger partial charge in [-0.25, -0.2) is 0 Å². The van der Waals surface area contributed by atoms with Crippen molar-refractivity contribution >= 4 is 29.5 Å². The summed E-state index contributed by atoms with van der Waals surface area (Å²) in [7, 11) is 1.75. The molecule has 0 radical (unpaired) electrons. The average molecular weight is 464 g/mol. The van der Waals surface area contributed by atoms with Crippen LogP contribution in [0.25, 0.3) is 0 Å². The largest absolute Gasteiger partial charge is 0.396 e. The molecule has 3 rings (SSSR count). The number of amides is 3. The van der Waals surface area contributed by atoms with Gasteiger partial charge in [0.05, 0.1) is 16.6 Å². The molecule has 3 saturated heterocycles. The molecule has 3 aliphatic heterocycles. The summed E-state index contributed by atoms with van der Waals surface area (Å²) in [6.07, 6.45) is 6.21. The predicted octanol–water partition coefficient (Wildman–Crippen LogP) is 1.92. The summed E-state index contributed by atoms with van der Waals surface area (Å²) in [4.78, 5) is 46.2. The maximum Gasteiger partial charge on any atom is 0.247 e. The van der Waals surface area contributed by atoms with Gasteiger partial charge in [-0.15, -0.1) is 24.9 Å². The molecule has 0 aromatic carbocycles. The molecule has 2 unspecified atom stereocenters. The van der Waals surface area contributed by atoms with E-state index in [-0.39, 0.29) is 35.6 Å². The smallest absolute Gasteiger partial charge is 0.247 e. The van der Waals surface area contributed by atoms with Crippen molar-refractivity contribution in [3.8, 4) is 0 Å². The summed E-state index contributed by atoms with van der Waals surface area (Å²) in [5, 5.41) is 9.31. The van der Waals surface area contributed by atoms with Crippen molar-refractivity contribution in [2.75, 3.05) is 33.3 Å². The number of unbranched alkanes of at least 4 members (excludes halogenated alkanes) is 1. The molecule has 0 aliphatic carbocycles. The quantitative estimate of drug-likeness (QED) is 0.374. The van der Waals surface area contributed by atoms with E-state index in [1.54, 1.807) is 45.7 Å². The third-order valence-electron chi connectivity index (χ3n) is 7.14. The first-order chi connectivity index (χ1) is 15.2. The van der Waals surface area contributed by atoms with Crippen molar-refractivity contribution in [2.45, 2.75) is 61.6 Å². The third-order valence-corrected chi connectivity index (χ3v) is 9.09. The number of carbonyl (C=O) groups excluding carboxylic acids is 3. The molecule has 3 aliphatic rings. The highest BCUT2D eigenvalue weighted by molar-refractivity contribution is 8.02. The van der Waals surface area contributed by atoms with Crippen molar-refractivity contribution < 1.29 is 19.5 Å². The van der Waals surface area contributed by atoms with E-state index in [0.29, 0.717) is 32.5 Å². The van der Waals surface area contributed by atoms with Gasteiger partial charge in [-0.2, -0.15) is 0 Å². The number of fused-ring (bicyclic) bond motifs is 1. The van der Waals surface area contributed by atoms with Crippen LogP contribution in [0.2, 0.25) is 0 Å². The fraction of sp³-hybridized carbons (Fsp3) is 0.708. The number of hydrogen-bond acceptors (Lipinski definition) is 5. The normalized spacial score (nSPS) is 30.5. The number of thioether (sulfide) groups is 1. The number of rotatable bonds is 11. The highest BCUT2D eigenvalue weighted by Crippen LogP contribution is 2.66. The second-order valence-corrected chi connectivity index (χ2v) is 11.0. The van der Waals surface area contributed by atoms with Crippen molar-refractivity contribution in [1.82, 2.24) is 14.7 Å². The van der Waals surface area contributed by atoms with Crippen LogP contribution < -0.4 is 0 Å². The highest BCUT2D eigenvalue weighted by Gasteiger charge is 2.73. The van der Waals surface area contributed by atoms with Crippen LogP contribution in [0.5, 0.6) is 0 Å². The Morgan fingerprint density at radius 2 is 1.94 bits per heavy atom. The fourth-order valence-corrected chi connectivity index (χ4v) is 7.94. The number of nitrogens with zero attached hydrogens (tertiary/aromatic N) is 3. The molecule has 0 aromatic heterocycles. The van der Waals surface area contributed by atoms with Gasteiger partial charge in [0.15, 0.2) is 0 Å². The molecule has 3 amide bonds. The lowest BCUT2D eigenvalue weighted by molar-refractivity contribution is -0.144. The molecule has 8 heteroatoms. The Labute approximate surface area is 195 Å². The molecular weight excluding hydrogens is 426 g/mol. The molecule has 0 saturated carbocycles. The monoisotopic (exact) mass is 463 g/mol. The molecule has 7 nitrogen and oxygen atoms in total. The topological polar surface area (TPSA) is 81.2 Å². The van der Waals surface area contributed by atoms with E-state index in [1.165, 1.54) is 0 Å². The van der Waals surface area contributed by atoms with Crippen LogP contribution >= 0.6 is 11.8 Å².